The average molecular weight is 183 g/mol. The van der Waals surface area contributed by atoms with Crippen molar-refractivity contribution in [1.29, 1.82) is 0 Å². The van der Waals surface area contributed by atoms with E-state index >= 15 is 0 Å². The molecule has 3 heteroatoms. The number of nitrogens with zero attached hydrogens (tertiary/aromatic N) is 1. The molecule has 66 valence electrons. The molecule has 2 nitrogen and oxygen atoms in total. The van der Waals surface area contributed by atoms with Crippen molar-refractivity contribution in [3.63, 3.8) is 0 Å². The lowest BCUT2D eigenvalue weighted by molar-refractivity contribution is 0.324. The Morgan fingerprint density at radius 3 is 3.08 bits per heavy atom. The maximum Gasteiger partial charge on any atom is 0.217 e. The predicted molar refractivity (Wildman–Crippen MR) is 52.6 cm³/mol. The number of thioether (sulfide) groups is 1. The Labute approximate surface area is 77.3 Å². The molecule has 0 aromatic carbocycles. The van der Waals surface area contributed by atoms with E-state index in [-0.39, 0.29) is 0 Å². The number of rotatable bonds is 4. The molecule has 0 saturated carbocycles. The van der Waals surface area contributed by atoms with Crippen LogP contribution in [0.1, 0.15) is 12.5 Å². The first kappa shape index (κ1) is 9.39. The lowest BCUT2D eigenvalue weighted by atomic mass is 10.3. The van der Waals surface area contributed by atoms with Crippen LogP contribution in [0.2, 0.25) is 0 Å². The summed E-state index contributed by atoms with van der Waals surface area (Å²) in [6.07, 6.45) is 3.83. The number of ether oxygens (including phenoxy) is 1. The van der Waals surface area contributed by atoms with Gasteiger partial charge in [0.25, 0.3) is 0 Å². The highest BCUT2D eigenvalue weighted by molar-refractivity contribution is 7.97. The Morgan fingerprint density at radius 1 is 1.58 bits per heavy atom. The topological polar surface area (TPSA) is 22.1 Å². The first-order valence-corrected chi connectivity index (χ1v) is 5.33. The van der Waals surface area contributed by atoms with Gasteiger partial charge in [-0.15, -0.1) is 0 Å². The van der Waals surface area contributed by atoms with Gasteiger partial charge in [-0.3, -0.25) is 0 Å². The van der Waals surface area contributed by atoms with Crippen LogP contribution in [0, 0.1) is 0 Å². The van der Waals surface area contributed by atoms with Gasteiger partial charge < -0.3 is 4.74 Å². The van der Waals surface area contributed by atoms with Gasteiger partial charge in [0.15, 0.2) is 0 Å². The summed E-state index contributed by atoms with van der Waals surface area (Å²) in [5.74, 6) is 1.73. The monoisotopic (exact) mass is 183 g/mol. The predicted octanol–water partition coefficient (Wildman–Crippen LogP) is 2.34. The molecular formula is C9H13NOS. The summed E-state index contributed by atoms with van der Waals surface area (Å²) in [6.45, 7) is 2.65. The van der Waals surface area contributed by atoms with Gasteiger partial charge >= 0.3 is 0 Å². The van der Waals surface area contributed by atoms with Crippen LogP contribution < -0.4 is 4.74 Å². The molecule has 0 aliphatic heterocycles. The smallest absolute Gasteiger partial charge is 0.217 e. The molecular weight excluding hydrogens is 170 g/mol. The van der Waals surface area contributed by atoms with Crippen LogP contribution >= 0.6 is 11.8 Å². The molecule has 0 fully saturated rings. The van der Waals surface area contributed by atoms with E-state index in [1.165, 1.54) is 5.56 Å². The lowest BCUT2D eigenvalue weighted by Crippen LogP contribution is -1.97. The highest BCUT2D eigenvalue weighted by Crippen LogP contribution is 2.18. The molecule has 1 aromatic heterocycles. The second-order valence-corrected chi connectivity index (χ2v) is 3.20. The van der Waals surface area contributed by atoms with Crippen LogP contribution in [-0.4, -0.2) is 17.8 Å². The highest BCUT2D eigenvalue weighted by atomic mass is 32.2. The highest BCUT2D eigenvalue weighted by Gasteiger charge is 2.01. The summed E-state index contributed by atoms with van der Waals surface area (Å²) in [7, 11) is 0. The van der Waals surface area contributed by atoms with Crippen molar-refractivity contribution in [3.8, 4) is 5.88 Å². The van der Waals surface area contributed by atoms with E-state index < -0.39 is 0 Å². The maximum absolute atomic E-state index is 5.37. The van der Waals surface area contributed by atoms with Crippen molar-refractivity contribution < 1.29 is 4.74 Å². The largest absolute Gasteiger partial charge is 0.478 e. The van der Waals surface area contributed by atoms with Gasteiger partial charge in [0.05, 0.1) is 6.61 Å². The Morgan fingerprint density at radius 2 is 2.42 bits per heavy atom. The van der Waals surface area contributed by atoms with Crippen molar-refractivity contribution >= 4 is 11.8 Å². The number of hydrogen-bond acceptors (Lipinski definition) is 3. The Bertz CT molecular complexity index is 215. The molecule has 0 aliphatic rings. The Hall–Kier alpha value is -0.700. The molecule has 0 atom stereocenters. The molecule has 0 unspecified atom stereocenters. The number of pyridine rings is 1. The standard InChI is InChI=1S/C9H13NOS/c1-3-11-9-8(7-12-2)5-4-6-10-9/h4-6H,3,7H2,1-2H3. The van der Waals surface area contributed by atoms with Crippen molar-refractivity contribution in [2.24, 2.45) is 0 Å². The van der Waals surface area contributed by atoms with Gasteiger partial charge in [0.1, 0.15) is 0 Å². The van der Waals surface area contributed by atoms with Crippen LogP contribution in [0.4, 0.5) is 0 Å². The number of aromatic nitrogens is 1. The minimum Gasteiger partial charge on any atom is -0.478 e. The molecule has 0 aliphatic carbocycles. The minimum atomic E-state index is 0.679. The molecule has 1 heterocycles. The van der Waals surface area contributed by atoms with E-state index in [0.717, 1.165) is 11.6 Å². The quantitative estimate of drug-likeness (QED) is 0.715. The number of hydrogen-bond donors (Lipinski definition) is 0. The molecule has 0 N–H and O–H groups in total. The fraction of sp³-hybridized carbons (Fsp3) is 0.444. The SMILES string of the molecule is CCOc1ncccc1CSC. The van der Waals surface area contributed by atoms with Gasteiger partial charge in [-0.25, -0.2) is 4.98 Å². The van der Waals surface area contributed by atoms with E-state index in [0.29, 0.717) is 6.61 Å². The van der Waals surface area contributed by atoms with E-state index in [1.807, 2.05) is 13.0 Å². The second-order valence-electron chi connectivity index (χ2n) is 2.33. The van der Waals surface area contributed by atoms with Gasteiger partial charge in [0, 0.05) is 17.5 Å². The van der Waals surface area contributed by atoms with Crippen molar-refractivity contribution in [3.05, 3.63) is 23.9 Å². The Balaban J connectivity index is 2.77. The Kier molecular flexibility index (Phi) is 3.94. The van der Waals surface area contributed by atoms with Crippen molar-refractivity contribution in [2.45, 2.75) is 12.7 Å². The van der Waals surface area contributed by atoms with Crippen LogP contribution in [0.5, 0.6) is 5.88 Å². The second kappa shape index (κ2) is 5.04. The van der Waals surface area contributed by atoms with Crippen molar-refractivity contribution in [2.75, 3.05) is 12.9 Å². The fourth-order valence-corrected chi connectivity index (χ4v) is 1.49. The normalized spacial score (nSPS) is 9.83. The third kappa shape index (κ3) is 2.41. The van der Waals surface area contributed by atoms with Gasteiger partial charge in [-0.1, -0.05) is 6.07 Å². The third-order valence-corrected chi connectivity index (χ3v) is 2.03. The zero-order chi connectivity index (χ0) is 8.81. The average Bonchev–Trinajstić information content (AvgIpc) is 2.09. The summed E-state index contributed by atoms with van der Waals surface area (Å²) in [5.41, 5.74) is 1.17. The van der Waals surface area contributed by atoms with Crippen LogP contribution in [-0.2, 0) is 5.75 Å². The van der Waals surface area contributed by atoms with Crippen LogP contribution in [0.3, 0.4) is 0 Å². The summed E-state index contributed by atoms with van der Waals surface area (Å²) in [4.78, 5) is 4.15. The lowest BCUT2D eigenvalue weighted by Gasteiger charge is -2.06. The van der Waals surface area contributed by atoms with Crippen molar-refractivity contribution in [1.82, 2.24) is 4.98 Å². The molecule has 1 rings (SSSR count). The van der Waals surface area contributed by atoms with Crippen LogP contribution in [0.25, 0.3) is 0 Å². The summed E-state index contributed by atoms with van der Waals surface area (Å²) < 4.78 is 5.37. The van der Waals surface area contributed by atoms with E-state index in [2.05, 4.69) is 17.3 Å². The zero-order valence-electron chi connectivity index (χ0n) is 7.41. The molecule has 12 heavy (non-hydrogen) atoms. The van der Waals surface area contributed by atoms with Gasteiger partial charge in [0.2, 0.25) is 5.88 Å². The fourth-order valence-electron chi connectivity index (χ4n) is 0.956. The summed E-state index contributed by atoms with van der Waals surface area (Å²) in [6, 6.07) is 3.99. The summed E-state index contributed by atoms with van der Waals surface area (Å²) >= 11 is 1.77. The van der Waals surface area contributed by atoms with Gasteiger partial charge in [-0.05, 0) is 19.2 Å². The minimum absolute atomic E-state index is 0.679. The molecule has 0 radical (unpaired) electrons. The molecule has 0 bridgehead atoms. The van der Waals surface area contributed by atoms with E-state index in [1.54, 1.807) is 18.0 Å². The first-order chi connectivity index (χ1) is 5.88. The summed E-state index contributed by atoms with van der Waals surface area (Å²) in [5, 5.41) is 0. The molecule has 0 spiro atoms. The van der Waals surface area contributed by atoms with Crippen LogP contribution in [0.15, 0.2) is 18.3 Å². The third-order valence-electron chi connectivity index (χ3n) is 1.43. The van der Waals surface area contributed by atoms with Gasteiger partial charge in [-0.2, -0.15) is 11.8 Å². The molecule has 0 amide bonds. The van der Waals surface area contributed by atoms with E-state index in [9.17, 15) is 0 Å². The molecule has 1 aromatic rings. The zero-order valence-corrected chi connectivity index (χ0v) is 8.23. The maximum atomic E-state index is 5.37. The molecule has 0 saturated heterocycles. The first-order valence-electron chi connectivity index (χ1n) is 3.94. The van der Waals surface area contributed by atoms with E-state index in [4.69, 9.17) is 4.74 Å².